The first-order chi connectivity index (χ1) is 11.3. The number of thioether (sulfide) groups is 1. The Morgan fingerprint density at radius 2 is 2.00 bits per heavy atom. The SMILES string of the molecule is CC(C)(C)C1=N[C@](C)(c2ccc(F)c(-c3cnccn3)c2)CCS1. The van der Waals surface area contributed by atoms with E-state index < -0.39 is 0 Å². The molecule has 1 aliphatic rings. The van der Waals surface area contributed by atoms with Gasteiger partial charge in [-0.15, -0.1) is 11.8 Å². The molecule has 1 aromatic carbocycles. The molecule has 24 heavy (non-hydrogen) atoms. The maximum Gasteiger partial charge on any atom is 0.132 e. The van der Waals surface area contributed by atoms with E-state index in [1.165, 1.54) is 6.07 Å². The van der Waals surface area contributed by atoms with Gasteiger partial charge in [0.25, 0.3) is 0 Å². The van der Waals surface area contributed by atoms with E-state index in [2.05, 4.69) is 37.7 Å². The summed E-state index contributed by atoms with van der Waals surface area (Å²) >= 11 is 1.82. The Labute approximate surface area is 146 Å². The topological polar surface area (TPSA) is 38.1 Å². The molecule has 1 atom stereocenters. The van der Waals surface area contributed by atoms with Crippen molar-refractivity contribution in [3.8, 4) is 11.3 Å². The van der Waals surface area contributed by atoms with Gasteiger partial charge in [0.1, 0.15) is 5.82 Å². The maximum atomic E-state index is 14.3. The molecule has 0 N–H and O–H groups in total. The molecular formula is C19H22FN3S. The van der Waals surface area contributed by atoms with Gasteiger partial charge in [0, 0.05) is 29.1 Å². The summed E-state index contributed by atoms with van der Waals surface area (Å²) in [6, 6.07) is 5.23. The molecule has 1 aliphatic heterocycles. The zero-order valence-electron chi connectivity index (χ0n) is 14.5. The molecule has 0 saturated carbocycles. The van der Waals surface area contributed by atoms with Crippen molar-refractivity contribution < 1.29 is 4.39 Å². The summed E-state index contributed by atoms with van der Waals surface area (Å²) in [5, 5.41) is 1.15. The molecule has 3 rings (SSSR count). The van der Waals surface area contributed by atoms with Crippen LogP contribution in [0.1, 0.15) is 39.7 Å². The van der Waals surface area contributed by atoms with Gasteiger partial charge < -0.3 is 0 Å². The quantitative estimate of drug-likeness (QED) is 0.763. The van der Waals surface area contributed by atoms with Crippen molar-refractivity contribution in [1.82, 2.24) is 9.97 Å². The van der Waals surface area contributed by atoms with Crippen molar-refractivity contribution in [2.24, 2.45) is 10.4 Å². The Hall–Kier alpha value is -1.75. The molecule has 0 saturated heterocycles. The molecule has 0 fully saturated rings. The fraction of sp³-hybridized carbons (Fsp3) is 0.421. The van der Waals surface area contributed by atoms with Crippen LogP contribution >= 0.6 is 11.8 Å². The van der Waals surface area contributed by atoms with E-state index in [0.29, 0.717) is 11.3 Å². The number of nitrogens with zero attached hydrogens (tertiary/aromatic N) is 3. The van der Waals surface area contributed by atoms with Gasteiger partial charge >= 0.3 is 0 Å². The highest BCUT2D eigenvalue weighted by Crippen LogP contribution is 2.41. The molecule has 2 heterocycles. The lowest BCUT2D eigenvalue weighted by Crippen LogP contribution is -2.31. The second-order valence-corrected chi connectivity index (χ2v) is 8.41. The van der Waals surface area contributed by atoms with E-state index in [0.717, 1.165) is 22.8 Å². The van der Waals surface area contributed by atoms with E-state index in [-0.39, 0.29) is 16.8 Å². The second kappa shape index (κ2) is 6.28. The van der Waals surface area contributed by atoms with E-state index >= 15 is 0 Å². The molecule has 0 spiro atoms. The van der Waals surface area contributed by atoms with Crippen LogP contribution in [0.4, 0.5) is 4.39 Å². The lowest BCUT2D eigenvalue weighted by Gasteiger charge is -2.35. The fourth-order valence-corrected chi connectivity index (χ4v) is 4.14. The zero-order valence-corrected chi connectivity index (χ0v) is 15.3. The predicted octanol–water partition coefficient (Wildman–Crippen LogP) is 5.08. The molecule has 1 aromatic heterocycles. The van der Waals surface area contributed by atoms with Gasteiger partial charge in [-0.25, -0.2) is 4.39 Å². The highest BCUT2D eigenvalue weighted by molar-refractivity contribution is 8.14. The van der Waals surface area contributed by atoms with Gasteiger partial charge in [0.05, 0.1) is 22.5 Å². The number of aliphatic imine (C=N–C) groups is 1. The smallest absolute Gasteiger partial charge is 0.132 e. The van der Waals surface area contributed by atoms with Crippen molar-refractivity contribution in [3.05, 3.63) is 48.2 Å². The lowest BCUT2D eigenvalue weighted by atomic mass is 9.87. The summed E-state index contributed by atoms with van der Waals surface area (Å²) in [5.41, 5.74) is 1.74. The van der Waals surface area contributed by atoms with Crippen LogP contribution in [-0.4, -0.2) is 20.8 Å². The maximum absolute atomic E-state index is 14.3. The predicted molar refractivity (Wildman–Crippen MR) is 98.7 cm³/mol. The highest BCUT2D eigenvalue weighted by atomic mass is 32.2. The number of hydrogen-bond donors (Lipinski definition) is 0. The first-order valence-corrected chi connectivity index (χ1v) is 9.08. The van der Waals surface area contributed by atoms with E-state index in [9.17, 15) is 4.39 Å². The van der Waals surface area contributed by atoms with Gasteiger partial charge in [-0.05, 0) is 31.0 Å². The van der Waals surface area contributed by atoms with Crippen LogP contribution in [0.5, 0.6) is 0 Å². The van der Waals surface area contributed by atoms with E-state index in [1.807, 2.05) is 23.9 Å². The van der Waals surface area contributed by atoms with Crippen LogP contribution in [0, 0.1) is 11.2 Å². The Bertz CT molecular complexity index is 768. The minimum atomic E-state index is -0.335. The van der Waals surface area contributed by atoms with Crippen molar-refractivity contribution in [2.45, 2.75) is 39.7 Å². The number of aromatic nitrogens is 2. The Balaban J connectivity index is 2.07. The first kappa shape index (κ1) is 17.1. The normalized spacial score (nSPS) is 21.5. The molecule has 0 amide bonds. The minimum absolute atomic E-state index is 0.0279. The van der Waals surface area contributed by atoms with Crippen molar-refractivity contribution in [3.63, 3.8) is 0 Å². The van der Waals surface area contributed by atoms with Crippen molar-refractivity contribution in [2.75, 3.05) is 5.75 Å². The number of hydrogen-bond acceptors (Lipinski definition) is 4. The summed E-state index contributed by atoms with van der Waals surface area (Å²) < 4.78 is 14.3. The van der Waals surface area contributed by atoms with Crippen LogP contribution in [0.2, 0.25) is 0 Å². The number of halogens is 1. The number of rotatable bonds is 2. The second-order valence-electron chi connectivity index (χ2n) is 7.32. The average molecular weight is 343 g/mol. The Kier molecular flexibility index (Phi) is 4.47. The molecule has 126 valence electrons. The standard InChI is InChI=1S/C19H22FN3S/c1-18(2,3)17-23-19(4,7-10-24-17)13-5-6-15(20)14(11-13)16-12-21-8-9-22-16/h5-6,8-9,11-12H,7,10H2,1-4H3/t19-/m0/s1. The number of benzene rings is 1. The summed E-state index contributed by atoms with van der Waals surface area (Å²) in [4.78, 5) is 13.3. The summed E-state index contributed by atoms with van der Waals surface area (Å²) in [6.45, 7) is 8.67. The van der Waals surface area contributed by atoms with Crippen LogP contribution in [0.25, 0.3) is 11.3 Å². The minimum Gasteiger partial charge on any atom is -0.271 e. The first-order valence-electron chi connectivity index (χ1n) is 8.09. The monoisotopic (exact) mass is 343 g/mol. The third kappa shape index (κ3) is 3.36. The zero-order chi connectivity index (χ0) is 17.4. The molecule has 2 aromatic rings. The third-order valence-corrected chi connectivity index (χ3v) is 5.63. The fourth-order valence-electron chi connectivity index (χ4n) is 2.75. The average Bonchev–Trinajstić information content (AvgIpc) is 2.55. The van der Waals surface area contributed by atoms with Gasteiger partial charge in [0.15, 0.2) is 0 Å². The van der Waals surface area contributed by atoms with Crippen molar-refractivity contribution >= 4 is 16.8 Å². The van der Waals surface area contributed by atoms with E-state index in [4.69, 9.17) is 4.99 Å². The van der Waals surface area contributed by atoms with Gasteiger partial charge in [-0.3, -0.25) is 15.0 Å². The van der Waals surface area contributed by atoms with Crippen molar-refractivity contribution in [1.29, 1.82) is 0 Å². The van der Waals surface area contributed by atoms with Gasteiger partial charge in [-0.2, -0.15) is 0 Å². The highest BCUT2D eigenvalue weighted by Gasteiger charge is 2.34. The van der Waals surface area contributed by atoms with E-state index in [1.54, 1.807) is 18.6 Å². The Morgan fingerprint density at radius 1 is 1.21 bits per heavy atom. The summed E-state index contributed by atoms with van der Waals surface area (Å²) in [5.74, 6) is 0.734. The molecule has 3 nitrogen and oxygen atoms in total. The van der Waals surface area contributed by atoms with Crippen LogP contribution in [0.3, 0.4) is 0 Å². The summed E-state index contributed by atoms with van der Waals surface area (Å²) in [7, 11) is 0. The molecule has 0 radical (unpaired) electrons. The van der Waals surface area contributed by atoms with Crippen LogP contribution < -0.4 is 0 Å². The largest absolute Gasteiger partial charge is 0.271 e. The molecule has 0 bridgehead atoms. The third-order valence-electron chi connectivity index (χ3n) is 4.24. The van der Waals surface area contributed by atoms with Crippen LogP contribution in [0.15, 0.2) is 41.8 Å². The van der Waals surface area contributed by atoms with Crippen LogP contribution in [-0.2, 0) is 5.54 Å². The summed E-state index contributed by atoms with van der Waals surface area (Å²) in [6.07, 6.45) is 5.69. The van der Waals surface area contributed by atoms with Gasteiger partial charge in [-0.1, -0.05) is 26.8 Å². The molecular weight excluding hydrogens is 321 g/mol. The van der Waals surface area contributed by atoms with Gasteiger partial charge in [0.2, 0.25) is 0 Å². The molecule has 0 unspecified atom stereocenters. The molecule has 5 heteroatoms. The molecule has 0 aliphatic carbocycles. The lowest BCUT2D eigenvalue weighted by molar-refractivity contribution is 0.467. The Morgan fingerprint density at radius 3 is 2.67 bits per heavy atom.